The molecule has 1 amide bonds. The minimum Gasteiger partial charge on any atom is -0.483 e. The SMILES string of the molecule is CS(=O)(=O)Cc1ccc(N2C[C@@H]3CNC(=O)[C@@H]3C2)nc1.O=CO. The fraction of sp³-hybridized carbons (Fsp3) is 0.500. The van der Waals surface area contributed by atoms with Crippen molar-refractivity contribution in [1.29, 1.82) is 0 Å². The lowest BCUT2D eigenvalue weighted by Gasteiger charge is -2.18. The number of fused-ring (bicyclic) bond motifs is 1. The Morgan fingerprint density at radius 2 is 2.13 bits per heavy atom. The van der Waals surface area contributed by atoms with Crippen LogP contribution in [0.25, 0.3) is 0 Å². The number of carbonyl (C=O) groups excluding carboxylic acids is 1. The van der Waals surface area contributed by atoms with Crippen molar-refractivity contribution in [3.63, 3.8) is 0 Å². The van der Waals surface area contributed by atoms with Gasteiger partial charge < -0.3 is 15.3 Å². The van der Waals surface area contributed by atoms with Crippen LogP contribution < -0.4 is 10.2 Å². The van der Waals surface area contributed by atoms with Crippen molar-refractivity contribution in [1.82, 2.24) is 10.3 Å². The number of hydrogen-bond acceptors (Lipinski definition) is 6. The largest absolute Gasteiger partial charge is 0.483 e. The van der Waals surface area contributed by atoms with Gasteiger partial charge in [0.2, 0.25) is 5.91 Å². The van der Waals surface area contributed by atoms with Crippen LogP contribution in [-0.2, 0) is 25.2 Å². The number of hydrogen-bond donors (Lipinski definition) is 2. The summed E-state index contributed by atoms with van der Waals surface area (Å²) in [6, 6.07) is 3.62. The van der Waals surface area contributed by atoms with Crippen molar-refractivity contribution in [2.75, 3.05) is 30.8 Å². The summed E-state index contributed by atoms with van der Waals surface area (Å²) in [6.45, 7) is 2.00. The molecule has 3 rings (SSSR count). The van der Waals surface area contributed by atoms with E-state index in [9.17, 15) is 13.2 Å². The van der Waals surface area contributed by atoms with Gasteiger partial charge in [0.25, 0.3) is 6.47 Å². The molecule has 2 N–H and O–H groups in total. The van der Waals surface area contributed by atoms with Crippen LogP contribution in [0.15, 0.2) is 18.3 Å². The summed E-state index contributed by atoms with van der Waals surface area (Å²) < 4.78 is 22.5. The van der Waals surface area contributed by atoms with E-state index >= 15 is 0 Å². The number of carboxylic acid groups (broad SMARTS) is 1. The van der Waals surface area contributed by atoms with Crippen molar-refractivity contribution in [2.24, 2.45) is 11.8 Å². The van der Waals surface area contributed by atoms with Crippen LogP contribution in [-0.4, -0.2) is 56.8 Å². The van der Waals surface area contributed by atoms with Crippen LogP contribution in [0.5, 0.6) is 0 Å². The van der Waals surface area contributed by atoms with Gasteiger partial charge in [-0.15, -0.1) is 0 Å². The average molecular weight is 341 g/mol. The number of carbonyl (C=O) groups is 2. The zero-order valence-corrected chi connectivity index (χ0v) is 13.5. The standard InChI is InChI=1S/C13H17N3O3S.CH2O2/c1-20(18,19)8-9-2-3-12(14-4-9)16-6-10-5-15-13(17)11(10)7-16;2-1-3/h2-4,10-11H,5-8H2,1H3,(H,15,17);1H,(H,2,3)/t10-,11+;/m0./s1. The number of amides is 1. The Hall–Kier alpha value is -2.16. The van der Waals surface area contributed by atoms with Gasteiger partial charge in [0.05, 0.1) is 11.7 Å². The number of pyridine rings is 1. The number of anilines is 1. The highest BCUT2D eigenvalue weighted by molar-refractivity contribution is 7.89. The fourth-order valence-corrected chi connectivity index (χ4v) is 3.69. The molecule has 2 aliphatic rings. The molecule has 0 bridgehead atoms. The molecule has 0 aromatic carbocycles. The van der Waals surface area contributed by atoms with Gasteiger partial charge in [0, 0.05) is 38.0 Å². The predicted molar refractivity (Wildman–Crippen MR) is 83.7 cm³/mol. The van der Waals surface area contributed by atoms with E-state index in [0.717, 1.165) is 18.9 Å². The van der Waals surface area contributed by atoms with Crippen LogP contribution in [0.3, 0.4) is 0 Å². The smallest absolute Gasteiger partial charge is 0.290 e. The molecule has 3 heterocycles. The number of sulfone groups is 1. The van der Waals surface area contributed by atoms with Crippen LogP contribution in [0.1, 0.15) is 5.56 Å². The average Bonchev–Trinajstić information content (AvgIpc) is 3.02. The van der Waals surface area contributed by atoms with Gasteiger partial charge in [0.15, 0.2) is 9.84 Å². The number of aromatic nitrogens is 1. The molecule has 8 nitrogen and oxygen atoms in total. The lowest BCUT2D eigenvalue weighted by molar-refractivity contribution is -0.123. The van der Waals surface area contributed by atoms with Crippen LogP contribution >= 0.6 is 0 Å². The van der Waals surface area contributed by atoms with Gasteiger partial charge in [-0.25, -0.2) is 13.4 Å². The second-order valence-corrected chi connectivity index (χ2v) is 7.86. The van der Waals surface area contributed by atoms with Crippen molar-refractivity contribution in [3.05, 3.63) is 23.9 Å². The van der Waals surface area contributed by atoms with Crippen molar-refractivity contribution in [2.45, 2.75) is 5.75 Å². The van der Waals surface area contributed by atoms with Gasteiger partial charge in [-0.1, -0.05) is 6.07 Å². The van der Waals surface area contributed by atoms with Crippen molar-refractivity contribution in [3.8, 4) is 0 Å². The lowest BCUT2D eigenvalue weighted by atomic mass is 10.0. The number of rotatable bonds is 3. The summed E-state index contributed by atoms with van der Waals surface area (Å²) >= 11 is 0. The molecule has 2 aliphatic heterocycles. The van der Waals surface area contributed by atoms with E-state index in [2.05, 4.69) is 15.2 Å². The molecular weight excluding hydrogens is 322 g/mol. The van der Waals surface area contributed by atoms with E-state index in [1.807, 2.05) is 6.07 Å². The first kappa shape index (κ1) is 17.2. The molecule has 23 heavy (non-hydrogen) atoms. The first-order chi connectivity index (χ1) is 10.8. The molecule has 2 fully saturated rings. The minimum absolute atomic E-state index is 0.00787. The Morgan fingerprint density at radius 3 is 2.65 bits per heavy atom. The zero-order valence-electron chi connectivity index (χ0n) is 12.7. The molecule has 0 spiro atoms. The molecule has 1 aromatic heterocycles. The molecule has 0 radical (unpaired) electrons. The Bertz CT molecular complexity index is 674. The molecule has 0 unspecified atom stereocenters. The first-order valence-electron chi connectivity index (χ1n) is 7.07. The van der Waals surface area contributed by atoms with Crippen molar-refractivity contribution < 1.29 is 23.1 Å². The van der Waals surface area contributed by atoms with Crippen LogP contribution in [0.4, 0.5) is 5.82 Å². The van der Waals surface area contributed by atoms with Gasteiger partial charge >= 0.3 is 0 Å². The molecule has 9 heteroatoms. The second-order valence-electron chi connectivity index (χ2n) is 5.72. The van der Waals surface area contributed by atoms with Crippen LogP contribution in [0.2, 0.25) is 0 Å². The second kappa shape index (κ2) is 6.95. The number of nitrogens with one attached hydrogen (secondary N) is 1. The Balaban J connectivity index is 0.000000595. The summed E-state index contributed by atoms with van der Waals surface area (Å²) in [5, 5.41) is 9.76. The summed E-state index contributed by atoms with van der Waals surface area (Å²) in [7, 11) is -3.04. The summed E-state index contributed by atoms with van der Waals surface area (Å²) in [5.74, 6) is 1.37. The van der Waals surface area contributed by atoms with E-state index in [-0.39, 0.29) is 24.1 Å². The van der Waals surface area contributed by atoms with Gasteiger partial charge in [-0.05, 0) is 11.6 Å². The molecule has 126 valence electrons. The fourth-order valence-electron chi connectivity index (χ4n) is 2.92. The quantitative estimate of drug-likeness (QED) is 0.712. The normalized spacial score (nSPS) is 22.8. The topological polar surface area (TPSA) is 117 Å². The minimum atomic E-state index is -3.04. The highest BCUT2D eigenvalue weighted by Crippen LogP contribution is 2.30. The third kappa shape index (κ3) is 4.41. The van der Waals surface area contributed by atoms with Crippen molar-refractivity contribution >= 4 is 28.0 Å². The molecule has 0 aliphatic carbocycles. The van der Waals surface area contributed by atoms with E-state index in [4.69, 9.17) is 9.90 Å². The lowest BCUT2D eigenvalue weighted by Crippen LogP contribution is -2.29. The van der Waals surface area contributed by atoms with E-state index in [1.165, 1.54) is 6.26 Å². The molecular formula is C14H19N3O5S. The maximum absolute atomic E-state index is 11.6. The first-order valence-corrected chi connectivity index (χ1v) is 9.13. The third-order valence-electron chi connectivity index (χ3n) is 3.88. The maximum Gasteiger partial charge on any atom is 0.290 e. The maximum atomic E-state index is 11.6. The molecule has 2 saturated heterocycles. The van der Waals surface area contributed by atoms with Gasteiger partial charge in [0.1, 0.15) is 5.82 Å². The summed E-state index contributed by atoms with van der Waals surface area (Å²) in [6.07, 6.45) is 2.81. The summed E-state index contributed by atoms with van der Waals surface area (Å²) in [5.41, 5.74) is 0.688. The number of nitrogens with zero attached hydrogens (tertiary/aromatic N) is 2. The third-order valence-corrected chi connectivity index (χ3v) is 4.74. The molecule has 0 saturated carbocycles. The zero-order chi connectivity index (χ0) is 17.0. The monoisotopic (exact) mass is 341 g/mol. The highest BCUT2D eigenvalue weighted by atomic mass is 32.2. The Morgan fingerprint density at radius 1 is 1.43 bits per heavy atom. The predicted octanol–water partition coefficient (Wildman–Crippen LogP) is -0.491. The van der Waals surface area contributed by atoms with Crippen LogP contribution in [0, 0.1) is 11.8 Å². The molecule has 1 aromatic rings. The molecule has 2 atom stereocenters. The highest BCUT2D eigenvalue weighted by Gasteiger charge is 2.42. The Labute approximate surface area is 134 Å². The van der Waals surface area contributed by atoms with E-state index in [0.29, 0.717) is 18.0 Å². The van der Waals surface area contributed by atoms with Gasteiger partial charge in [-0.2, -0.15) is 0 Å². The van der Waals surface area contributed by atoms with Gasteiger partial charge in [-0.3, -0.25) is 9.59 Å². The van der Waals surface area contributed by atoms with E-state index in [1.54, 1.807) is 12.3 Å². The van der Waals surface area contributed by atoms with E-state index < -0.39 is 9.84 Å². The summed E-state index contributed by atoms with van der Waals surface area (Å²) in [4.78, 5) is 26.4. The Kier molecular flexibility index (Phi) is 5.19.